The lowest BCUT2D eigenvalue weighted by Gasteiger charge is -2.53. The second-order valence-electron chi connectivity index (χ2n) is 7.26. The molecule has 2 saturated carbocycles. The summed E-state index contributed by atoms with van der Waals surface area (Å²) < 4.78 is 0. The zero-order valence-electron chi connectivity index (χ0n) is 12.3. The number of nitrogens with one attached hydrogen (secondary N) is 1. The van der Waals surface area contributed by atoms with Crippen LogP contribution in [0.2, 0.25) is 0 Å². The normalized spacial score (nSPS) is 35.3. The Hall–Kier alpha value is -0.0800. The highest BCUT2D eigenvalue weighted by Gasteiger charge is 2.47. The van der Waals surface area contributed by atoms with Crippen molar-refractivity contribution in [2.24, 2.45) is 0 Å². The van der Waals surface area contributed by atoms with Gasteiger partial charge in [0.1, 0.15) is 0 Å². The molecule has 1 unspecified atom stereocenters. The predicted molar refractivity (Wildman–Crippen MR) is 76.9 cm³/mol. The summed E-state index contributed by atoms with van der Waals surface area (Å²) in [7, 11) is 0. The van der Waals surface area contributed by atoms with E-state index in [0.29, 0.717) is 11.1 Å². The Balaban J connectivity index is 1.79. The van der Waals surface area contributed by atoms with Gasteiger partial charge in [-0.2, -0.15) is 0 Å². The summed E-state index contributed by atoms with van der Waals surface area (Å²) in [6.07, 6.45) is 12.8. The van der Waals surface area contributed by atoms with Crippen LogP contribution in [-0.2, 0) is 0 Å². The average molecular weight is 250 g/mol. The smallest absolute Gasteiger partial charge is 0.0309 e. The molecule has 0 radical (unpaired) electrons. The van der Waals surface area contributed by atoms with E-state index < -0.39 is 0 Å². The standard InChI is InChI=1S/C16H30N2/c1-3-14-12-17-16(10-6-7-11-16)13-18(14)15(2)8-4-5-9-15/h14,17H,3-13H2,1-2H3. The summed E-state index contributed by atoms with van der Waals surface area (Å²) in [5.41, 5.74) is 0.996. The van der Waals surface area contributed by atoms with Gasteiger partial charge in [0.2, 0.25) is 0 Å². The number of piperazine rings is 1. The quantitative estimate of drug-likeness (QED) is 0.809. The van der Waals surface area contributed by atoms with Crippen LogP contribution in [-0.4, -0.2) is 35.1 Å². The summed E-state index contributed by atoms with van der Waals surface area (Å²) in [5.74, 6) is 0. The minimum atomic E-state index is 0.483. The van der Waals surface area contributed by atoms with E-state index in [1.54, 1.807) is 0 Å². The first-order chi connectivity index (χ1) is 8.68. The number of hydrogen-bond acceptors (Lipinski definition) is 2. The molecule has 0 bridgehead atoms. The van der Waals surface area contributed by atoms with E-state index in [4.69, 9.17) is 0 Å². The van der Waals surface area contributed by atoms with Crippen molar-refractivity contribution in [1.82, 2.24) is 10.2 Å². The Morgan fingerprint density at radius 3 is 2.28 bits per heavy atom. The Labute approximate surface area is 113 Å². The van der Waals surface area contributed by atoms with E-state index >= 15 is 0 Å². The molecule has 2 nitrogen and oxygen atoms in total. The summed E-state index contributed by atoms with van der Waals surface area (Å²) in [6, 6.07) is 0.777. The molecule has 1 N–H and O–H groups in total. The van der Waals surface area contributed by atoms with E-state index in [2.05, 4.69) is 24.1 Å². The maximum atomic E-state index is 3.92. The van der Waals surface area contributed by atoms with Gasteiger partial charge in [-0.25, -0.2) is 0 Å². The summed E-state index contributed by atoms with van der Waals surface area (Å²) in [5, 5.41) is 3.92. The van der Waals surface area contributed by atoms with Crippen LogP contribution >= 0.6 is 0 Å². The Kier molecular flexibility index (Phi) is 3.44. The third kappa shape index (κ3) is 2.12. The highest BCUT2D eigenvalue weighted by Crippen LogP contribution is 2.41. The molecule has 3 aliphatic rings. The van der Waals surface area contributed by atoms with Gasteiger partial charge in [-0.1, -0.05) is 32.6 Å². The van der Waals surface area contributed by atoms with Crippen LogP contribution in [0, 0.1) is 0 Å². The minimum Gasteiger partial charge on any atom is -0.308 e. The van der Waals surface area contributed by atoms with Crippen LogP contribution < -0.4 is 5.32 Å². The molecule has 1 atom stereocenters. The Morgan fingerprint density at radius 1 is 1.06 bits per heavy atom. The molecule has 0 aromatic rings. The third-order valence-corrected chi connectivity index (χ3v) is 6.03. The summed E-state index contributed by atoms with van der Waals surface area (Å²) >= 11 is 0. The first-order valence-corrected chi connectivity index (χ1v) is 8.19. The maximum absolute atomic E-state index is 3.92. The molecule has 1 spiro atoms. The number of nitrogens with zero attached hydrogens (tertiary/aromatic N) is 1. The lowest BCUT2D eigenvalue weighted by molar-refractivity contribution is -0.00630. The van der Waals surface area contributed by atoms with Gasteiger partial charge >= 0.3 is 0 Å². The van der Waals surface area contributed by atoms with Crippen molar-refractivity contribution in [2.45, 2.75) is 88.8 Å². The molecule has 18 heavy (non-hydrogen) atoms. The molecule has 1 heterocycles. The second-order valence-corrected chi connectivity index (χ2v) is 7.26. The fourth-order valence-corrected chi connectivity index (χ4v) is 4.76. The highest BCUT2D eigenvalue weighted by molar-refractivity contribution is 5.05. The molecule has 2 heteroatoms. The van der Waals surface area contributed by atoms with Gasteiger partial charge in [0, 0.05) is 30.2 Å². The fourth-order valence-electron chi connectivity index (χ4n) is 4.76. The van der Waals surface area contributed by atoms with Crippen molar-refractivity contribution in [3.63, 3.8) is 0 Å². The van der Waals surface area contributed by atoms with Gasteiger partial charge in [0.05, 0.1) is 0 Å². The molecule has 104 valence electrons. The summed E-state index contributed by atoms with van der Waals surface area (Å²) in [4.78, 5) is 2.92. The third-order valence-electron chi connectivity index (χ3n) is 6.03. The van der Waals surface area contributed by atoms with Crippen LogP contribution in [0.5, 0.6) is 0 Å². The molecule has 1 aliphatic heterocycles. The van der Waals surface area contributed by atoms with E-state index in [1.165, 1.54) is 70.9 Å². The van der Waals surface area contributed by atoms with Gasteiger partial charge in [-0.3, -0.25) is 4.90 Å². The molecule has 3 fully saturated rings. The lowest BCUT2D eigenvalue weighted by Crippen LogP contribution is -2.67. The van der Waals surface area contributed by atoms with Crippen LogP contribution in [0.25, 0.3) is 0 Å². The molecular weight excluding hydrogens is 220 g/mol. The minimum absolute atomic E-state index is 0.483. The average Bonchev–Trinajstić information content (AvgIpc) is 3.00. The van der Waals surface area contributed by atoms with Crippen LogP contribution in [0.1, 0.15) is 71.6 Å². The molecule has 3 rings (SSSR count). The first kappa shape index (κ1) is 12.9. The molecule has 2 aliphatic carbocycles. The van der Waals surface area contributed by atoms with Crippen molar-refractivity contribution in [3.05, 3.63) is 0 Å². The predicted octanol–water partition coefficient (Wildman–Crippen LogP) is 3.32. The lowest BCUT2D eigenvalue weighted by atomic mass is 9.86. The number of hydrogen-bond donors (Lipinski definition) is 1. The van der Waals surface area contributed by atoms with Crippen molar-refractivity contribution in [2.75, 3.05) is 13.1 Å². The highest BCUT2D eigenvalue weighted by atomic mass is 15.3. The zero-order chi connectivity index (χ0) is 12.6. The van der Waals surface area contributed by atoms with E-state index in [-0.39, 0.29) is 0 Å². The van der Waals surface area contributed by atoms with E-state index in [0.717, 1.165) is 6.04 Å². The van der Waals surface area contributed by atoms with Gasteiger partial charge in [0.15, 0.2) is 0 Å². The van der Waals surface area contributed by atoms with Gasteiger partial charge in [0.25, 0.3) is 0 Å². The van der Waals surface area contributed by atoms with Gasteiger partial charge < -0.3 is 5.32 Å². The van der Waals surface area contributed by atoms with Crippen LogP contribution in [0.15, 0.2) is 0 Å². The Bertz CT molecular complexity index is 287. The van der Waals surface area contributed by atoms with E-state index in [1.807, 2.05) is 0 Å². The van der Waals surface area contributed by atoms with Crippen molar-refractivity contribution < 1.29 is 0 Å². The molecule has 0 aromatic heterocycles. The molecule has 0 aromatic carbocycles. The van der Waals surface area contributed by atoms with Crippen molar-refractivity contribution in [3.8, 4) is 0 Å². The largest absolute Gasteiger partial charge is 0.308 e. The number of rotatable bonds is 2. The monoisotopic (exact) mass is 250 g/mol. The zero-order valence-corrected chi connectivity index (χ0v) is 12.3. The topological polar surface area (TPSA) is 15.3 Å². The SMILES string of the molecule is CCC1CNC2(CCCC2)CN1C1(C)CCCC1. The van der Waals surface area contributed by atoms with Crippen LogP contribution in [0.3, 0.4) is 0 Å². The summed E-state index contributed by atoms with van der Waals surface area (Å²) in [6.45, 7) is 7.45. The van der Waals surface area contributed by atoms with E-state index in [9.17, 15) is 0 Å². The maximum Gasteiger partial charge on any atom is 0.0309 e. The van der Waals surface area contributed by atoms with Gasteiger partial charge in [-0.05, 0) is 39.0 Å². The molecule has 0 amide bonds. The second kappa shape index (κ2) is 4.79. The van der Waals surface area contributed by atoms with Gasteiger partial charge in [-0.15, -0.1) is 0 Å². The fraction of sp³-hybridized carbons (Fsp3) is 1.00. The Morgan fingerprint density at radius 2 is 1.67 bits per heavy atom. The van der Waals surface area contributed by atoms with Crippen molar-refractivity contribution in [1.29, 1.82) is 0 Å². The molecule has 1 saturated heterocycles. The van der Waals surface area contributed by atoms with Crippen molar-refractivity contribution >= 4 is 0 Å². The first-order valence-electron chi connectivity index (χ1n) is 8.19. The molecular formula is C16H30N2. The van der Waals surface area contributed by atoms with Crippen LogP contribution in [0.4, 0.5) is 0 Å².